The van der Waals surface area contributed by atoms with Gasteiger partial charge < -0.3 is 4.90 Å². The van der Waals surface area contributed by atoms with E-state index < -0.39 is 11.3 Å². The van der Waals surface area contributed by atoms with Crippen LogP contribution in [0.15, 0.2) is 12.5 Å². The molecule has 0 amide bonds. The number of anilines is 1. The maximum absolute atomic E-state index is 13.2. The van der Waals surface area contributed by atoms with Crippen LogP contribution in [-0.2, 0) is 0 Å². The van der Waals surface area contributed by atoms with Crippen molar-refractivity contribution < 1.29 is 8.78 Å². The molecule has 0 unspecified atom stereocenters. The molecule has 1 saturated carbocycles. The summed E-state index contributed by atoms with van der Waals surface area (Å²) in [6.45, 7) is 1.18. The van der Waals surface area contributed by atoms with Crippen LogP contribution >= 0.6 is 11.6 Å². The predicted molar refractivity (Wildman–Crippen MR) is 60.5 cm³/mol. The van der Waals surface area contributed by atoms with Gasteiger partial charge in [-0.15, -0.1) is 0 Å². The lowest BCUT2D eigenvalue weighted by Gasteiger charge is -2.33. The maximum atomic E-state index is 13.2. The number of alkyl halides is 2. The smallest absolute Gasteiger partial charge is 0.254 e. The zero-order valence-electron chi connectivity index (χ0n) is 9.17. The van der Waals surface area contributed by atoms with E-state index in [0.29, 0.717) is 36.8 Å². The molecule has 0 bridgehead atoms. The van der Waals surface area contributed by atoms with E-state index in [4.69, 9.17) is 11.6 Å². The SMILES string of the molecule is FC1(F)CC12CCN(c1ncncc1Cl)CC2. The van der Waals surface area contributed by atoms with Crippen molar-refractivity contribution in [1.29, 1.82) is 0 Å². The average molecular weight is 260 g/mol. The third-order valence-electron chi connectivity index (χ3n) is 3.88. The molecule has 6 heteroatoms. The van der Waals surface area contributed by atoms with Gasteiger partial charge in [0.2, 0.25) is 0 Å². The number of piperidine rings is 1. The molecule has 3 nitrogen and oxygen atoms in total. The van der Waals surface area contributed by atoms with E-state index in [1.165, 1.54) is 12.5 Å². The molecule has 2 aliphatic rings. The van der Waals surface area contributed by atoms with Crippen molar-refractivity contribution in [2.24, 2.45) is 5.41 Å². The summed E-state index contributed by atoms with van der Waals surface area (Å²) in [7, 11) is 0. The van der Waals surface area contributed by atoms with Crippen LogP contribution in [0.5, 0.6) is 0 Å². The van der Waals surface area contributed by atoms with Crippen LogP contribution in [0.1, 0.15) is 19.3 Å². The highest BCUT2D eigenvalue weighted by atomic mass is 35.5. The van der Waals surface area contributed by atoms with Crippen LogP contribution in [0, 0.1) is 5.41 Å². The van der Waals surface area contributed by atoms with E-state index in [9.17, 15) is 8.78 Å². The summed E-state index contributed by atoms with van der Waals surface area (Å²) >= 11 is 5.99. The molecular weight excluding hydrogens is 248 g/mol. The van der Waals surface area contributed by atoms with Crippen LogP contribution in [-0.4, -0.2) is 29.0 Å². The minimum absolute atomic E-state index is 0.0470. The Labute approximate surface area is 103 Å². The van der Waals surface area contributed by atoms with Crippen molar-refractivity contribution >= 4 is 17.4 Å². The minimum Gasteiger partial charge on any atom is -0.355 e. The highest BCUT2D eigenvalue weighted by molar-refractivity contribution is 6.32. The van der Waals surface area contributed by atoms with E-state index in [2.05, 4.69) is 9.97 Å². The fourth-order valence-electron chi connectivity index (χ4n) is 2.61. The van der Waals surface area contributed by atoms with Gasteiger partial charge in [-0.3, -0.25) is 0 Å². The Morgan fingerprint density at radius 1 is 1.29 bits per heavy atom. The van der Waals surface area contributed by atoms with E-state index >= 15 is 0 Å². The third kappa shape index (κ3) is 1.68. The van der Waals surface area contributed by atoms with Gasteiger partial charge in [-0.1, -0.05) is 11.6 Å². The molecule has 2 heterocycles. The number of rotatable bonds is 1. The van der Waals surface area contributed by atoms with Gasteiger partial charge in [0.25, 0.3) is 5.92 Å². The molecule has 1 saturated heterocycles. The molecule has 92 valence electrons. The number of halogens is 3. The van der Waals surface area contributed by atoms with E-state index in [-0.39, 0.29) is 6.42 Å². The molecule has 0 aromatic carbocycles. The van der Waals surface area contributed by atoms with Crippen LogP contribution in [0.3, 0.4) is 0 Å². The summed E-state index contributed by atoms with van der Waals surface area (Å²) in [5.41, 5.74) is -0.733. The van der Waals surface area contributed by atoms with Crippen LogP contribution in [0.2, 0.25) is 5.02 Å². The summed E-state index contributed by atoms with van der Waals surface area (Å²) in [6.07, 6.45) is 4.03. The van der Waals surface area contributed by atoms with Crippen molar-refractivity contribution in [2.45, 2.75) is 25.2 Å². The van der Waals surface area contributed by atoms with Crippen LogP contribution in [0.4, 0.5) is 14.6 Å². The van der Waals surface area contributed by atoms with Gasteiger partial charge in [0, 0.05) is 24.9 Å². The number of hydrogen-bond acceptors (Lipinski definition) is 3. The second-order valence-electron chi connectivity index (χ2n) is 4.84. The Morgan fingerprint density at radius 2 is 1.94 bits per heavy atom. The van der Waals surface area contributed by atoms with E-state index in [1.54, 1.807) is 0 Å². The van der Waals surface area contributed by atoms with Gasteiger partial charge in [0.05, 0.1) is 6.20 Å². The standard InChI is InChI=1S/C11H12ClF2N3/c12-8-5-15-7-16-9(8)17-3-1-10(2-4-17)6-11(10,13)14/h5,7H,1-4,6H2. The lowest BCUT2D eigenvalue weighted by Crippen LogP contribution is -2.37. The fraction of sp³-hybridized carbons (Fsp3) is 0.636. The molecule has 0 atom stereocenters. The Bertz CT molecular complexity index is 444. The first-order chi connectivity index (χ1) is 8.04. The molecular formula is C11H12ClF2N3. The van der Waals surface area contributed by atoms with Crippen molar-refractivity contribution in [3.8, 4) is 0 Å². The van der Waals surface area contributed by atoms with Crippen LogP contribution < -0.4 is 4.90 Å². The second-order valence-corrected chi connectivity index (χ2v) is 5.25. The first-order valence-corrected chi connectivity index (χ1v) is 6.00. The topological polar surface area (TPSA) is 29.0 Å². The average Bonchev–Trinajstić information content (AvgIpc) is 2.82. The summed E-state index contributed by atoms with van der Waals surface area (Å²) in [6, 6.07) is 0. The fourth-order valence-corrected chi connectivity index (χ4v) is 2.83. The van der Waals surface area contributed by atoms with Crippen molar-refractivity contribution in [2.75, 3.05) is 18.0 Å². The lowest BCUT2D eigenvalue weighted by atomic mass is 9.93. The second kappa shape index (κ2) is 3.51. The monoisotopic (exact) mass is 259 g/mol. The predicted octanol–water partition coefficient (Wildman–Crippen LogP) is 2.76. The normalized spacial score (nSPS) is 25.0. The molecule has 0 radical (unpaired) electrons. The Hall–Kier alpha value is -0.970. The van der Waals surface area contributed by atoms with Gasteiger partial charge in [-0.05, 0) is 12.8 Å². The van der Waals surface area contributed by atoms with Gasteiger partial charge in [-0.25, -0.2) is 18.7 Å². The van der Waals surface area contributed by atoms with Crippen molar-refractivity contribution in [3.63, 3.8) is 0 Å². The van der Waals surface area contributed by atoms with Gasteiger partial charge in [-0.2, -0.15) is 0 Å². The number of aromatic nitrogens is 2. The molecule has 0 N–H and O–H groups in total. The zero-order chi connectivity index (χ0) is 12.1. The summed E-state index contributed by atoms with van der Waals surface area (Å²) < 4.78 is 26.4. The largest absolute Gasteiger partial charge is 0.355 e. The first kappa shape index (κ1) is 11.1. The van der Waals surface area contributed by atoms with Gasteiger partial charge in [0.15, 0.2) is 5.82 Å². The molecule has 1 aliphatic carbocycles. The molecule has 1 aliphatic heterocycles. The molecule has 17 heavy (non-hydrogen) atoms. The third-order valence-corrected chi connectivity index (χ3v) is 4.15. The lowest BCUT2D eigenvalue weighted by molar-refractivity contribution is 0.0536. The Kier molecular flexibility index (Phi) is 2.30. The molecule has 3 rings (SSSR count). The summed E-state index contributed by atoms with van der Waals surface area (Å²) in [5, 5.41) is 0.478. The van der Waals surface area contributed by atoms with E-state index in [1.807, 2.05) is 4.90 Å². The van der Waals surface area contributed by atoms with Crippen molar-refractivity contribution in [3.05, 3.63) is 17.5 Å². The van der Waals surface area contributed by atoms with Crippen LogP contribution in [0.25, 0.3) is 0 Å². The maximum Gasteiger partial charge on any atom is 0.254 e. The highest BCUT2D eigenvalue weighted by Gasteiger charge is 2.70. The zero-order valence-corrected chi connectivity index (χ0v) is 9.92. The molecule has 1 spiro atoms. The van der Waals surface area contributed by atoms with Crippen molar-refractivity contribution in [1.82, 2.24) is 9.97 Å². The number of hydrogen-bond donors (Lipinski definition) is 0. The minimum atomic E-state index is -2.45. The Morgan fingerprint density at radius 3 is 2.47 bits per heavy atom. The van der Waals surface area contributed by atoms with Gasteiger partial charge >= 0.3 is 0 Å². The van der Waals surface area contributed by atoms with Gasteiger partial charge in [0.1, 0.15) is 11.3 Å². The quantitative estimate of drug-likeness (QED) is 0.777. The Balaban J connectivity index is 1.72. The molecule has 1 aromatic rings. The molecule has 1 aromatic heterocycles. The number of nitrogens with zero attached hydrogens (tertiary/aromatic N) is 3. The molecule has 2 fully saturated rings. The van der Waals surface area contributed by atoms with E-state index in [0.717, 1.165) is 0 Å². The first-order valence-electron chi connectivity index (χ1n) is 5.62. The summed E-state index contributed by atoms with van der Waals surface area (Å²) in [4.78, 5) is 9.88. The summed E-state index contributed by atoms with van der Waals surface area (Å²) in [5.74, 6) is -1.80. The highest BCUT2D eigenvalue weighted by Crippen LogP contribution is 2.65.